The lowest BCUT2D eigenvalue weighted by Gasteiger charge is -2.37. The summed E-state index contributed by atoms with van der Waals surface area (Å²) in [7, 11) is 0. The topological polar surface area (TPSA) is 32.8 Å². The van der Waals surface area contributed by atoms with Crippen LogP contribution in [0.1, 0.15) is 69.4 Å². The number of benzene rings is 2. The first-order valence-corrected chi connectivity index (χ1v) is 13.2. The molecule has 1 amide bonds. The van der Waals surface area contributed by atoms with Gasteiger partial charge < -0.3 is 9.64 Å². The van der Waals surface area contributed by atoms with Crippen molar-refractivity contribution in [1.82, 2.24) is 4.90 Å². The van der Waals surface area contributed by atoms with Crippen LogP contribution in [0.25, 0.3) is 0 Å². The third kappa shape index (κ3) is 6.28. The number of anilines is 1. The molecule has 6 heteroatoms. The zero-order valence-electron chi connectivity index (χ0n) is 21.0. The van der Waals surface area contributed by atoms with Gasteiger partial charge in [-0.2, -0.15) is 0 Å². The molecule has 2 aliphatic heterocycles. The summed E-state index contributed by atoms with van der Waals surface area (Å²) in [4.78, 5) is 17.8. The highest BCUT2D eigenvalue weighted by atomic mass is 19.1. The van der Waals surface area contributed by atoms with Gasteiger partial charge in [-0.3, -0.25) is 9.69 Å². The van der Waals surface area contributed by atoms with Crippen LogP contribution in [0, 0.1) is 17.6 Å². The minimum atomic E-state index is -0.347. The van der Waals surface area contributed by atoms with Gasteiger partial charge in [0.1, 0.15) is 11.6 Å². The summed E-state index contributed by atoms with van der Waals surface area (Å²) in [6, 6.07) is 11.0. The zero-order chi connectivity index (χ0) is 24.8. The molecule has 2 aromatic carbocycles. The molecule has 4 nitrogen and oxygen atoms in total. The smallest absolute Gasteiger partial charge is 0.244 e. The fourth-order valence-electron chi connectivity index (χ4n) is 5.55. The Kier molecular flexibility index (Phi) is 8.90. The molecule has 0 N–H and O–H groups in total. The van der Waals surface area contributed by atoms with Crippen molar-refractivity contribution in [2.75, 3.05) is 37.7 Å². The van der Waals surface area contributed by atoms with Gasteiger partial charge in [-0.15, -0.1) is 0 Å². The zero-order valence-corrected chi connectivity index (χ0v) is 21.0. The number of nitrogens with zero attached hydrogens (tertiary/aromatic N) is 2. The standard InChI is InChI=1S/C29H38F2N2O2/c1-3-18-35-19-14-22-12-16-32(17-13-22)21(2)29(34)33-15-4-5-26(23-6-8-24(30)9-7-23)27-11-10-25(31)20-28(27)33/h6-11,20-22,26H,3-5,12-19H2,1-2H3. The summed E-state index contributed by atoms with van der Waals surface area (Å²) in [6.07, 6.45) is 5.91. The summed E-state index contributed by atoms with van der Waals surface area (Å²) < 4.78 is 33.6. The Morgan fingerprint density at radius 2 is 1.71 bits per heavy atom. The maximum Gasteiger partial charge on any atom is 0.244 e. The Bertz CT molecular complexity index is 973. The van der Waals surface area contributed by atoms with Gasteiger partial charge in [-0.25, -0.2) is 8.78 Å². The molecule has 0 aromatic heterocycles. The Morgan fingerprint density at radius 1 is 1.00 bits per heavy atom. The Morgan fingerprint density at radius 3 is 2.43 bits per heavy atom. The fraction of sp³-hybridized carbons (Fsp3) is 0.552. The van der Waals surface area contributed by atoms with Crippen molar-refractivity contribution in [2.45, 2.75) is 64.3 Å². The van der Waals surface area contributed by atoms with Crippen LogP contribution in [0.2, 0.25) is 0 Å². The van der Waals surface area contributed by atoms with Crippen molar-refractivity contribution in [3.8, 4) is 0 Å². The molecule has 0 bridgehead atoms. The first kappa shape index (κ1) is 25.8. The molecule has 2 aliphatic rings. The van der Waals surface area contributed by atoms with Crippen LogP contribution in [0.15, 0.2) is 42.5 Å². The number of amides is 1. The highest BCUT2D eigenvalue weighted by Crippen LogP contribution is 2.39. The number of hydrogen-bond acceptors (Lipinski definition) is 3. The predicted molar refractivity (Wildman–Crippen MR) is 136 cm³/mol. The highest BCUT2D eigenvalue weighted by Gasteiger charge is 2.33. The Balaban J connectivity index is 1.46. The van der Waals surface area contributed by atoms with E-state index in [1.54, 1.807) is 23.1 Å². The summed E-state index contributed by atoms with van der Waals surface area (Å²) in [5, 5.41) is 0. The average molecular weight is 485 g/mol. The van der Waals surface area contributed by atoms with Gasteiger partial charge in [0.2, 0.25) is 5.91 Å². The maximum atomic E-state index is 14.4. The molecule has 2 atom stereocenters. The number of carbonyl (C=O) groups is 1. The van der Waals surface area contributed by atoms with Crippen LogP contribution in [0.4, 0.5) is 14.5 Å². The molecule has 0 radical (unpaired) electrons. The van der Waals surface area contributed by atoms with E-state index in [1.807, 2.05) is 6.92 Å². The van der Waals surface area contributed by atoms with Crippen molar-refractivity contribution in [1.29, 1.82) is 0 Å². The number of likely N-dealkylation sites (tertiary alicyclic amines) is 1. The average Bonchev–Trinajstić information content (AvgIpc) is 3.06. The van der Waals surface area contributed by atoms with Crippen LogP contribution in [-0.2, 0) is 9.53 Å². The van der Waals surface area contributed by atoms with Crippen LogP contribution >= 0.6 is 0 Å². The third-order valence-electron chi connectivity index (χ3n) is 7.64. The van der Waals surface area contributed by atoms with Gasteiger partial charge in [0.15, 0.2) is 0 Å². The number of piperidine rings is 1. The molecule has 35 heavy (non-hydrogen) atoms. The van der Waals surface area contributed by atoms with E-state index >= 15 is 0 Å². The van der Waals surface area contributed by atoms with E-state index in [0.29, 0.717) is 18.2 Å². The molecule has 0 spiro atoms. The van der Waals surface area contributed by atoms with Gasteiger partial charge in [0.25, 0.3) is 0 Å². The van der Waals surface area contributed by atoms with Crippen molar-refractivity contribution in [3.05, 3.63) is 65.2 Å². The van der Waals surface area contributed by atoms with E-state index in [4.69, 9.17) is 4.74 Å². The van der Waals surface area contributed by atoms with E-state index in [9.17, 15) is 13.6 Å². The normalized spacial score (nSPS) is 20.3. The molecular weight excluding hydrogens is 446 g/mol. The molecule has 2 heterocycles. The second-order valence-electron chi connectivity index (χ2n) is 10.00. The van der Waals surface area contributed by atoms with Crippen LogP contribution in [-0.4, -0.2) is 49.7 Å². The lowest BCUT2D eigenvalue weighted by Crippen LogP contribution is -2.50. The summed E-state index contributed by atoms with van der Waals surface area (Å²) in [5.41, 5.74) is 2.57. The van der Waals surface area contributed by atoms with E-state index < -0.39 is 0 Å². The number of hydrogen-bond donors (Lipinski definition) is 0. The van der Waals surface area contributed by atoms with Crippen LogP contribution < -0.4 is 4.90 Å². The van der Waals surface area contributed by atoms with Crippen molar-refractivity contribution < 1.29 is 18.3 Å². The Hall–Kier alpha value is -2.31. The first-order valence-electron chi connectivity index (χ1n) is 13.2. The molecule has 2 unspecified atom stereocenters. The van der Waals surface area contributed by atoms with Gasteiger partial charge in [0, 0.05) is 25.7 Å². The molecule has 4 rings (SSSR count). The van der Waals surface area contributed by atoms with Gasteiger partial charge in [0.05, 0.1) is 11.7 Å². The largest absolute Gasteiger partial charge is 0.381 e. The number of rotatable bonds is 8. The third-order valence-corrected chi connectivity index (χ3v) is 7.64. The minimum Gasteiger partial charge on any atom is -0.381 e. The number of fused-ring (bicyclic) bond motifs is 1. The van der Waals surface area contributed by atoms with E-state index in [-0.39, 0.29) is 29.5 Å². The molecular formula is C29H38F2N2O2. The highest BCUT2D eigenvalue weighted by molar-refractivity contribution is 5.98. The van der Waals surface area contributed by atoms with Gasteiger partial charge >= 0.3 is 0 Å². The molecule has 0 aliphatic carbocycles. The van der Waals surface area contributed by atoms with E-state index in [2.05, 4.69) is 11.8 Å². The predicted octanol–water partition coefficient (Wildman–Crippen LogP) is 6.14. The molecule has 2 aromatic rings. The van der Waals surface area contributed by atoms with E-state index in [0.717, 1.165) is 76.0 Å². The van der Waals surface area contributed by atoms with Gasteiger partial charge in [-0.1, -0.05) is 25.1 Å². The summed E-state index contributed by atoms with van der Waals surface area (Å²) in [5.74, 6) is 0.0610. The minimum absolute atomic E-state index is 0.00461. The van der Waals surface area contributed by atoms with Crippen LogP contribution in [0.5, 0.6) is 0 Å². The first-order chi connectivity index (χ1) is 17.0. The van der Waals surface area contributed by atoms with Crippen LogP contribution in [0.3, 0.4) is 0 Å². The lowest BCUT2D eigenvalue weighted by atomic mass is 9.87. The van der Waals surface area contributed by atoms with E-state index in [1.165, 1.54) is 24.3 Å². The van der Waals surface area contributed by atoms with Crippen molar-refractivity contribution in [2.24, 2.45) is 5.92 Å². The SMILES string of the molecule is CCCOCCC1CCN(C(C)C(=O)N2CCCC(c3ccc(F)cc3)c3ccc(F)cc32)CC1. The molecule has 190 valence electrons. The lowest BCUT2D eigenvalue weighted by molar-refractivity contribution is -0.123. The monoisotopic (exact) mass is 484 g/mol. The number of carbonyl (C=O) groups excluding carboxylic acids is 1. The number of halogens is 2. The second kappa shape index (κ2) is 12.1. The fourth-order valence-corrected chi connectivity index (χ4v) is 5.55. The van der Waals surface area contributed by atoms with Crippen molar-refractivity contribution >= 4 is 11.6 Å². The number of ether oxygens (including phenoxy) is 1. The summed E-state index contributed by atoms with van der Waals surface area (Å²) in [6.45, 7) is 8.09. The summed E-state index contributed by atoms with van der Waals surface area (Å²) >= 11 is 0. The second-order valence-corrected chi connectivity index (χ2v) is 10.00. The molecule has 1 saturated heterocycles. The Labute approximate surface area is 208 Å². The molecule has 1 fully saturated rings. The maximum absolute atomic E-state index is 14.4. The molecule has 0 saturated carbocycles. The van der Waals surface area contributed by atoms with Gasteiger partial charge in [-0.05, 0) is 99.8 Å². The van der Waals surface area contributed by atoms with Crippen molar-refractivity contribution in [3.63, 3.8) is 0 Å². The quantitative estimate of drug-likeness (QED) is 0.422.